The molecular formula is C29H45NO9. The zero-order chi connectivity index (χ0) is 29.2. The summed E-state index contributed by atoms with van der Waals surface area (Å²) < 4.78 is 26.1. The normalized spacial score (nSPS) is 12.4. The molecule has 39 heavy (non-hydrogen) atoms. The molecule has 0 heterocycles. The van der Waals surface area contributed by atoms with E-state index in [0.717, 1.165) is 25.7 Å². The fraction of sp³-hybridized carbons (Fsp3) is 0.655. The molecule has 10 nitrogen and oxygen atoms in total. The quantitative estimate of drug-likeness (QED) is 0.146. The molecule has 0 aliphatic rings. The standard InChI is InChI=1S/C29H45NO9/c1-6-8-10-12-26(31)38-24-15-14-22(17-25(24)39-27(32)13-11-9-7-2)16-23(30)28(33)35-19-21(5)37-29(34)36-18-20(3)4/h14-15,17,20-21,23H,6-13,16,18-19,30H2,1-5H3/t21-,23-/m0/s1. The predicted molar refractivity (Wildman–Crippen MR) is 145 cm³/mol. The third-order valence-corrected chi connectivity index (χ3v) is 5.48. The van der Waals surface area contributed by atoms with Crippen molar-refractivity contribution >= 4 is 24.1 Å². The minimum absolute atomic E-state index is 0.0790. The van der Waals surface area contributed by atoms with Crippen LogP contribution in [0.1, 0.15) is 91.5 Å². The van der Waals surface area contributed by atoms with Crippen molar-refractivity contribution in [3.63, 3.8) is 0 Å². The van der Waals surface area contributed by atoms with Gasteiger partial charge in [-0.2, -0.15) is 0 Å². The Balaban J connectivity index is 2.78. The van der Waals surface area contributed by atoms with Crippen LogP contribution in [0, 0.1) is 5.92 Å². The molecule has 2 atom stereocenters. The van der Waals surface area contributed by atoms with Gasteiger partial charge in [0.25, 0.3) is 0 Å². The molecule has 2 N–H and O–H groups in total. The molecule has 220 valence electrons. The number of carbonyl (C=O) groups is 4. The predicted octanol–water partition coefficient (Wildman–Crippen LogP) is 5.27. The summed E-state index contributed by atoms with van der Waals surface area (Å²) >= 11 is 0. The van der Waals surface area contributed by atoms with Crippen molar-refractivity contribution in [2.45, 2.75) is 105 Å². The van der Waals surface area contributed by atoms with Gasteiger partial charge in [0.1, 0.15) is 18.8 Å². The summed E-state index contributed by atoms with van der Waals surface area (Å²) in [5.41, 5.74) is 6.62. The van der Waals surface area contributed by atoms with Crippen LogP contribution in [0.5, 0.6) is 11.5 Å². The van der Waals surface area contributed by atoms with Crippen LogP contribution in [-0.2, 0) is 35.0 Å². The molecule has 10 heteroatoms. The van der Waals surface area contributed by atoms with E-state index in [1.165, 1.54) is 12.1 Å². The lowest BCUT2D eigenvalue weighted by atomic mass is 10.1. The van der Waals surface area contributed by atoms with E-state index >= 15 is 0 Å². The average molecular weight is 552 g/mol. The lowest BCUT2D eigenvalue weighted by Gasteiger charge is -2.17. The molecule has 1 aromatic rings. The molecule has 0 saturated carbocycles. The van der Waals surface area contributed by atoms with E-state index in [2.05, 4.69) is 0 Å². The lowest BCUT2D eigenvalue weighted by molar-refractivity contribution is -0.148. The number of nitrogens with two attached hydrogens (primary N) is 1. The van der Waals surface area contributed by atoms with Crippen molar-refractivity contribution in [3.8, 4) is 11.5 Å². The smallest absolute Gasteiger partial charge is 0.461 e. The second-order valence-electron chi connectivity index (χ2n) is 9.97. The van der Waals surface area contributed by atoms with Crippen molar-refractivity contribution in [1.29, 1.82) is 0 Å². The number of unbranched alkanes of at least 4 members (excludes halogenated alkanes) is 4. The van der Waals surface area contributed by atoms with Crippen molar-refractivity contribution < 1.29 is 42.9 Å². The third kappa shape index (κ3) is 15.1. The second kappa shape index (κ2) is 19.0. The molecule has 0 fully saturated rings. The van der Waals surface area contributed by atoms with E-state index in [1.54, 1.807) is 13.0 Å². The van der Waals surface area contributed by atoms with Crippen LogP contribution in [0.25, 0.3) is 0 Å². The molecule has 0 amide bonds. The van der Waals surface area contributed by atoms with Crippen molar-refractivity contribution in [2.75, 3.05) is 13.2 Å². The second-order valence-corrected chi connectivity index (χ2v) is 9.97. The van der Waals surface area contributed by atoms with E-state index in [4.69, 9.17) is 29.4 Å². The number of rotatable bonds is 18. The minimum Gasteiger partial charge on any atom is -0.461 e. The molecule has 0 aliphatic carbocycles. The Hall–Kier alpha value is -3.14. The average Bonchev–Trinajstić information content (AvgIpc) is 2.87. The highest BCUT2D eigenvalue weighted by Crippen LogP contribution is 2.30. The van der Waals surface area contributed by atoms with E-state index < -0.39 is 36.2 Å². The van der Waals surface area contributed by atoms with Gasteiger partial charge < -0.3 is 29.4 Å². The molecule has 1 aromatic carbocycles. The topological polar surface area (TPSA) is 140 Å². The summed E-state index contributed by atoms with van der Waals surface area (Å²) in [6.07, 6.45) is 4.16. The Labute approximate surface area is 231 Å². The van der Waals surface area contributed by atoms with Crippen molar-refractivity contribution in [3.05, 3.63) is 23.8 Å². The lowest BCUT2D eigenvalue weighted by Crippen LogP contribution is -2.36. The number of benzene rings is 1. The molecule has 0 spiro atoms. The first kappa shape index (κ1) is 33.9. The molecule has 0 bridgehead atoms. The Morgan fingerprint density at radius 3 is 1.95 bits per heavy atom. The summed E-state index contributed by atoms with van der Waals surface area (Å²) in [5.74, 6) is -1.14. The molecule has 0 aliphatic heterocycles. The highest BCUT2D eigenvalue weighted by Gasteiger charge is 2.21. The van der Waals surface area contributed by atoms with Gasteiger partial charge in [-0.1, -0.05) is 59.4 Å². The first-order chi connectivity index (χ1) is 18.5. The highest BCUT2D eigenvalue weighted by atomic mass is 16.7. The summed E-state index contributed by atoms with van der Waals surface area (Å²) in [6.45, 7) is 9.48. The first-order valence-corrected chi connectivity index (χ1v) is 13.9. The maximum atomic E-state index is 12.4. The zero-order valence-electron chi connectivity index (χ0n) is 24.0. The van der Waals surface area contributed by atoms with Gasteiger partial charge >= 0.3 is 24.1 Å². The maximum absolute atomic E-state index is 12.4. The van der Waals surface area contributed by atoms with Gasteiger partial charge in [0.2, 0.25) is 0 Å². The van der Waals surface area contributed by atoms with Gasteiger partial charge in [0.15, 0.2) is 11.5 Å². The number of esters is 3. The van der Waals surface area contributed by atoms with Crippen LogP contribution in [-0.4, -0.2) is 49.4 Å². The van der Waals surface area contributed by atoms with E-state index in [1.807, 2.05) is 27.7 Å². The fourth-order valence-electron chi connectivity index (χ4n) is 3.34. The van der Waals surface area contributed by atoms with Crippen LogP contribution in [0.15, 0.2) is 18.2 Å². The summed E-state index contributed by atoms with van der Waals surface area (Å²) in [5, 5.41) is 0. The monoisotopic (exact) mass is 551 g/mol. The highest BCUT2D eigenvalue weighted by molar-refractivity contribution is 5.77. The molecule has 1 rings (SSSR count). The Kier molecular flexibility index (Phi) is 16.5. The largest absolute Gasteiger partial charge is 0.508 e. The van der Waals surface area contributed by atoms with Crippen molar-refractivity contribution in [1.82, 2.24) is 0 Å². The van der Waals surface area contributed by atoms with Crippen LogP contribution < -0.4 is 15.2 Å². The number of hydrogen-bond donors (Lipinski definition) is 1. The van der Waals surface area contributed by atoms with E-state index in [-0.39, 0.29) is 49.9 Å². The number of hydrogen-bond acceptors (Lipinski definition) is 10. The fourth-order valence-corrected chi connectivity index (χ4v) is 3.34. The third-order valence-electron chi connectivity index (χ3n) is 5.48. The van der Waals surface area contributed by atoms with Gasteiger partial charge in [0, 0.05) is 12.8 Å². The summed E-state index contributed by atoms with van der Waals surface area (Å²) in [4.78, 5) is 48.7. The summed E-state index contributed by atoms with van der Waals surface area (Å²) in [6, 6.07) is 3.68. The Morgan fingerprint density at radius 1 is 0.795 bits per heavy atom. The van der Waals surface area contributed by atoms with Gasteiger partial charge in [-0.15, -0.1) is 0 Å². The Bertz CT molecular complexity index is 916. The molecule has 0 aromatic heterocycles. The molecule has 0 unspecified atom stereocenters. The maximum Gasteiger partial charge on any atom is 0.508 e. The van der Waals surface area contributed by atoms with Gasteiger partial charge in [-0.05, 0) is 49.8 Å². The van der Waals surface area contributed by atoms with Crippen molar-refractivity contribution in [2.24, 2.45) is 11.7 Å². The molecule has 0 saturated heterocycles. The summed E-state index contributed by atoms with van der Waals surface area (Å²) in [7, 11) is 0. The van der Waals surface area contributed by atoms with Gasteiger partial charge in [-0.25, -0.2) is 4.79 Å². The van der Waals surface area contributed by atoms with Gasteiger partial charge in [-0.3, -0.25) is 14.4 Å². The van der Waals surface area contributed by atoms with Crippen LogP contribution >= 0.6 is 0 Å². The van der Waals surface area contributed by atoms with Crippen LogP contribution in [0.2, 0.25) is 0 Å². The number of ether oxygens (including phenoxy) is 5. The first-order valence-electron chi connectivity index (χ1n) is 13.9. The zero-order valence-corrected chi connectivity index (χ0v) is 24.0. The number of carbonyl (C=O) groups excluding carboxylic acids is 4. The SMILES string of the molecule is CCCCCC(=O)Oc1ccc(C[C@H](N)C(=O)OC[C@H](C)OC(=O)OCC(C)C)cc1OC(=O)CCCCC. The van der Waals surface area contributed by atoms with Crippen LogP contribution in [0.4, 0.5) is 4.79 Å². The van der Waals surface area contributed by atoms with E-state index in [0.29, 0.717) is 18.4 Å². The van der Waals surface area contributed by atoms with Gasteiger partial charge in [0.05, 0.1) is 6.61 Å². The van der Waals surface area contributed by atoms with Crippen LogP contribution in [0.3, 0.4) is 0 Å². The van der Waals surface area contributed by atoms with E-state index in [9.17, 15) is 19.2 Å². The molecular weight excluding hydrogens is 506 g/mol. The molecule has 0 radical (unpaired) electrons. The minimum atomic E-state index is -1.03. The Morgan fingerprint density at radius 2 is 1.38 bits per heavy atom.